The van der Waals surface area contributed by atoms with Gasteiger partial charge in [0.15, 0.2) is 0 Å². The van der Waals surface area contributed by atoms with Gasteiger partial charge in [-0.3, -0.25) is 15.2 Å². The van der Waals surface area contributed by atoms with Gasteiger partial charge in [-0.15, -0.1) is 0 Å². The average Bonchev–Trinajstić information content (AvgIpc) is 2.04. The quantitative estimate of drug-likeness (QED) is 0.150. The number of nitrogens with two attached hydrogens (primary N) is 2. The third-order valence-corrected chi connectivity index (χ3v) is 0.974. The van der Waals surface area contributed by atoms with E-state index in [0.29, 0.717) is 0 Å². The molecule has 0 unspecified atom stereocenters. The van der Waals surface area contributed by atoms with E-state index in [-0.39, 0.29) is 24.9 Å². The van der Waals surface area contributed by atoms with Gasteiger partial charge in [0, 0.05) is 0 Å². The molecule has 0 fully saturated rings. The number of nitrogens with one attached hydrogen (secondary N) is 1. The molecule has 0 saturated carbocycles. The van der Waals surface area contributed by atoms with E-state index in [1.807, 2.05) is 0 Å². The zero-order chi connectivity index (χ0) is 8.69. The minimum Gasteiger partial charge on any atom is -0.469 e. The van der Waals surface area contributed by atoms with Gasteiger partial charge in [0.25, 0.3) is 0 Å². The average molecular weight is 160 g/mol. The number of carbonyl (C=O) groups is 1. The molecule has 0 aromatic carbocycles. The first-order chi connectivity index (χ1) is 5.20. The van der Waals surface area contributed by atoms with Crippen LogP contribution in [0.1, 0.15) is 6.42 Å². The van der Waals surface area contributed by atoms with E-state index in [9.17, 15) is 4.79 Å². The molecule has 0 heterocycles. The smallest absolute Gasteiger partial charge is 0.307 e. The standard InChI is InChI=1S/C5H12N4O2/c1-11-4(10)2-3-8-5(6)9-7/h2-3,7H2,1H3,(H3,6,8,9). The molecular weight excluding hydrogens is 148 g/mol. The van der Waals surface area contributed by atoms with Crippen molar-refractivity contribution in [3.8, 4) is 0 Å². The lowest BCUT2D eigenvalue weighted by atomic mass is 10.4. The maximum absolute atomic E-state index is 10.5. The van der Waals surface area contributed by atoms with Crippen molar-refractivity contribution in [2.45, 2.75) is 6.42 Å². The minimum atomic E-state index is -0.321. The molecule has 11 heavy (non-hydrogen) atoms. The first-order valence-electron chi connectivity index (χ1n) is 3.04. The van der Waals surface area contributed by atoms with E-state index >= 15 is 0 Å². The second-order valence-corrected chi connectivity index (χ2v) is 1.74. The van der Waals surface area contributed by atoms with Crippen molar-refractivity contribution in [1.82, 2.24) is 5.43 Å². The molecular formula is C5H12N4O2. The summed E-state index contributed by atoms with van der Waals surface area (Å²) in [6.45, 7) is 0.280. The summed E-state index contributed by atoms with van der Waals surface area (Å²) in [6, 6.07) is 0. The third-order valence-electron chi connectivity index (χ3n) is 0.974. The number of carbonyl (C=O) groups excluding carboxylic acids is 1. The molecule has 0 atom stereocenters. The number of esters is 1. The first-order valence-corrected chi connectivity index (χ1v) is 3.04. The van der Waals surface area contributed by atoms with Gasteiger partial charge in [0.05, 0.1) is 20.1 Å². The Hall–Kier alpha value is -1.30. The van der Waals surface area contributed by atoms with Crippen LogP contribution in [0.25, 0.3) is 0 Å². The maximum atomic E-state index is 10.5. The summed E-state index contributed by atoms with van der Waals surface area (Å²) in [7, 11) is 1.32. The summed E-state index contributed by atoms with van der Waals surface area (Å²) in [6.07, 6.45) is 0.207. The summed E-state index contributed by atoms with van der Waals surface area (Å²) in [5.74, 6) is 4.68. The lowest BCUT2D eigenvalue weighted by Gasteiger charge is -1.97. The molecule has 0 aliphatic rings. The zero-order valence-electron chi connectivity index (χ0n) is 6.33. The van der Waals surface area contributed by atoms with Gasteiger partial charge >= 0.3 is 5.97 Å². The van der Waals surface area contributed by atoms with E-state index in [4.69, 9.17) is 11.6 Å². The van der Waals surface area contributed by atoms with Crippen LogP contribution in [0, 0.1) is 0 Å². The molecule has 0 spiro atoms. The Bertz CT molecular complexity index is 157. The van der Waals surface area contributed by atoms with Crippen LogP contribution in [0.3, 0.4) is 0 Å². The van der Waals surface area contributed by atoms with Crippen LogP contribution < -0.4 is 17.0 Å². The van der Waals surface area contributed by atoms with Crippen molar-refractivity contribution >= 4 is 11.9 Å². The summed E-state index contributed by atoms with van der Waals surface area (Å²) >= 11 is 0. The Kier molecular flexibility index (Phi) is 4.83. The van der Waals surface area contributed by atoms with Gasteiger partial charge in [-0.2, -0.15) is 0 Å². The van der Waals surface area contributed by atoms with Crippen molar-refractivity contribution in [2.24, 2.45) is 16.6 Å². The second-order valence-electron chi connectivity index (χ2n) is 1.74. The largest absolute Gasteiger partial charge is 0.469 e. The van der Waals surface area contributed by atoms with Crippen molar-refractivity contribution in [3.63, 3.8) is 0 Å². The Labute approximate surface area is 64.6 Å². The molecule has 0 aromatic heterocycles. The fourth-order valence-electron chi connectivity index (χ4n) is 0.415. The predicted molar refractivity (Wildman–Crippen MR) is 40.4 cm³/mol. The Morgan fingerprint density at radius 3 is 2.82 bits per heavy atom. The van der Waals surface area contributed by atoms with Crippen molar-refractivity contribution in [2.75, 3.05) is 13.7 Å². The topological polar surface area (TPSA) is 103 Å². The van der Waals surface area contributed by atoms with Crippen LogP contribution in [-0.2, 0) is 9.53 Å². The maximum Gasteiger partial charge on any atom is 0.307 e. The van der Waals surface area contributed by atoms with Crippen molar-refractivity contribution in [3.05, 3.63) is 0 Å². The number of rotatable bonds is 3. The SMILES string of the molecule is COC(=O)CCN=C(N)NN. The number of guanidine groups is 1. The monoisotopic (exact) mass is 160 g/mol. The summed E-state index contributed by atoms with van der Waals surface area (Å²) in [5.41, 5.74) is 7.29. The van der Waals surface area contributed by atoms with E-state index in [0.717, 1.165) is 0 Å². The lowest BCUT2D eigenvalue weighted by molar-refractivity contribution is -0.140. The fourth-order valence-corrected chi connectivity index (χ4v) is 0.415. The van der Waals surface area contributed by atoms with Crippen molar-refractivity contribution in [1.29, 1.82) is 0 Å². The van der Waals surface area contributed by atoms with Gasteiger partial charge < -0.3 is 10.5 Å². The van der Waals surface area contributed by atoms with E-state index in [1.54, 1.807) is 0 Å². The molecule has 0 bridgehead atoms. The Morgan fingerprint density at radius 2 is 2.36 bits per heavy atom. The second kappa shape index (κ2) is 5.48. The van der Waals surface area contributed by atoms with Gasteiger partial charge in [-0.1, -0.05) is 0 Å². The van der Waals surface area contributed by atoms with Crippen LogP contribution in [0.5, 0.6) is 0 Å². The molecule has 6 heteroatoms. The molecule has 0 saturated heterocycles. The number of ether oxygens (including phenoxy) is 1. The molecule has 0 aliphatic carbocycles. The number of aliphatic imine (C=N–C) groups is 1. The zero-order valence-corrected chi connectivity index (χ0v) is 6.33. The highest BCUT2D eigenvalue weighted by atomic mass is 16.5. The van der Waals surface area contributed by atoms with Gasteiger partial charge in [0.2, 0.25) is 5.96 Å². The van der Waals surface area contributed by atoms with Gasteiger partial charge in [-0.05, 0) is 0 Å². The number of hydrogen-bond donors (Lipinski definition) is 3. The number of methoxy groups -OCH3 is 1. The van der Waals surface area contributed by atoms with E-state index in [1.165, 1.54) is 7.11 Å². The normalized spacial score (nSPS) is 10.9. The fraction of sp³-hybridized carbons (Fsp3) is 0.600. The molecule has 6 nitrogen and oxygen atoms in total. The van der Waals surface area contributed by atoms with Crippen molar-refractivity contribution < 1.29 is 9.53 Å². The van der Waals surface area contributed by atoms with Crippen LogP contribution in [0.2, 0.25) is 0 Å². The van der Waals surface area contributed by atoms with E-state index in [2.05, 4.69) is 15.2 Å². The molecule has 64 valence electrons. The van der Waals surface area contributed by atoms with Crippen LogP contribution in [0.4, 0.5) is 0 Å². The molecule has 0 amide bonds. The predicted octanol–water partition coefficient (Wildman–Crippen LogP) is -1.67. The van der Waals surface area contributed by atoms with Crippen LogP contribution >= 0.6 is 0 Å². The van der Waals surface area contributed by atoms with E-state index < -0.39 is 0 Å². The summed E-state index contributed by atoms with van der Waals surface area (Å²) < 4.78 is 4.36. The van der Waals surface area contributed by atoms with Gasteiger partial charge in [0.1, 0.15) is 0 Å². The highest BCUT2D eigenvalue weighted by Crippen LogP contribution is 1.83. The number of nitrogens with zero attached hydrogens (tertiary/aromatic N) is 1. The van der Waals surface area contributed by atoms with Crippen LogP contribution in [-0.4, -0.2) is 25.6 Å². The first kappa shape index (κ1) is 9.70. The highest BCUT2D eigenvalue weighted by molar-refractivity contribution is 5.77. The summed E-state index contributed by atoms with van der Waals surface area (Å²) in [4.78, 5) is 14.2. The molecule has 0 rings (SSSR count). The third kappa shape index (κ3) is 5.16. The lowest BCUT2D eigenvalue weighted by Crippen LogP contribution is -2.37. The number of hydrogen-bond acceptors (Lipinski definition) is 4. The Morgan fingerprint density at radius 1 is 1.73 bits per heavy atom. The summed E-state index contributed by atoms with van der Waals surface area (Å²) in [5, 5.41) is 0. The van der Waals surface area contributed by atoms with Gasteiger partial charge in [-0.25, -0.2) is 5.84 Å². The molecule has 0 aliphatic heterocycles. The Balaban J connectivity index is 3.48. The number of hydrazine groups is 1. The highest BCUT2D eigenvalue weighted by Gasteiger charge is 1.97. The van der Waals surface area contributed by atoms with Crippen LogP contribution in [0.15, 0.2) is 4.99 Å². The molecule has 0 radical (unpaired) electrons. The molecule has 5 N–H and O–H groups in total. The minimum absolute atomic E-state index is 0.105. The molecule has 0 aromatic rings.